The molecule has 0 aromatic heterocycles. The van der Waals surface area contributed by atoms with Gasteiger partial charge in [0.05, 0.1) is 18.6 Å². The van der Waals surface area contributed by atoms with Crippen molar-refractivity contribution < 1.29 is 22.7 Å². The van der Waals surface area contributed by atoms with Gasteiger partial charge in [-0.25, -0.2) is 8.42 Å². The summed E-state index contributed by atoms with van der Waals surface area (Å²) in [5.41, 5.74) is 1.86. The molecule has 7 nitrogen and oxygen atoms in total. The Bertz CT molecular complexity index is 1030. The van der Waals surface area contributed by atoms with Crippen LogP contribution in [-0.2, 0) is 27.8 Å². The molecular formula is C26H36N2O5S. The summed E-state index contributed by atoms with van der Waals surface area (Å²) < 4.78 is 38.5. The number of carbonyl (C=O) groups is 1. The lowest BCUT2D eigenvalue weighted by atomic mass is 10.1. The van der Waals surface area contributed by atoms with Crippen LogP contribution in [0.15, 0.2) is 47.4 Å². The predicted molar refractivity (Wildman–Crippen MR) is 133 cm³/mol. The summed E-state index contributed by atoms with van der Waals surface area (Å²) in [6.07, 6.45) is 5.78. The molecule has 2 aromatic carbocycles. The molecule has 1 aliphatic heterocycles. The van der Waals surface area contributed by atoms with Crippen molar-refractivity contribution in [3.8, 4) is 11.5 Å². The van der Waals surface area contributed by atoms with Gasteiger partial charge in [-0.05, 0) is 61.1 Å². The quantitative estimate of drug-likeness (QED) is 0.510. The smallest absolute Gasteiger partial charge is 0.243 e. The number of amides is 1. The van der Waals surface area contributed by atoms with Crippen LogP contribution >= 0.6 is 0 Å². The third kappa shape index (κ3) is 7.21. The Morgan fingerprint density at radius 2 is 1.65 bits per heavy atom. The molecule has 34 heavy (non-hydrogen) atoms. The number of ether oxygens (including phenoxy) is 2. The van der Waals surface area contributed by atoms with Gasteiger partial charge in [0.15, 0.2) is 11.5 Å². The minimum atomic E-state index is -3.45. The van der Waals surface area contributed by atoms with Crippen LogP contribution in [0.3, 0.4) is 0 Å². The van der Waals surface area contributed by atoms with Crippen LogP contribution in [0.5, 0.6) is 11.5 Å². The summed E-state index contributed by atoms with van der Waals surface area (Å²) in [5, 5.41) is 2.93. The number of hydrogen-bond acceptors (Lipinski definition) is 5. The SMILES string of the molecule is CCCOc1ccc(CNC(=O)CCc2ccc(S(=O)(=O)N3CCCCCC3)cc2)cc1OC. The van der Waals surface area contributed by atoms with Gasteiger partial charge in [0.1, 0.15) is 0 Å². The Hall–Kier alpha value is -2.58. The van der Waals surface area contributed by atoms with Gasteiger partial charge in [-0.2, -0.15) is 4.31 Å². The first-order valence-electron chi connectivity index (χ1n) is 12.1. The second-order valence-electron chi connectivity index (χ2n) is 8.57. The summed E-state index contributed by atoms with van der Waals surface area (Å²) in [6.45, 7) is 4.24. The number of rotatable bonds is 11. The summed E-state index contributed by atoms with van der Waals surface area (Å²) in [6, 6.07) is 12.6. The molecular weight excluding hydrogens is 452 g/mol. The molecule has 1 amide bonds. The average molecular weight is 489 g/mol. The molecule has 2 aromatic rings. The van der Waals surface area contributed by atoms with Crippen molar-refractivity contribution in [2.24, 2.45) is 0 Å². The number of nitrogens with one attached hydrogen (secondary N) is 1. The Morgan fingerprint density at radius 3 is 2.29 bits per heavy atom. The average Bonchev–Trinajstić information content (AvgIpc) is 3.16. The lowest BCUT2D eigenvalue weighted by Crippen LogP contribution is -2.31. The van der Waals surface area contributed by atoms with E-state index in [0.29, 0.717) is 55.5 Å². The number of sulfonamides is 1. The van der Waals surface area contributed by atoms with Crippen LogP contribution in [0.25, 0.3) is 0 Å². The third-order valence-electron chi connectivity index (χ3n) is 5.95. The largest absolute Gasteiger partial charge is 0.493 e. The normalized spacial score (nSPS) is 14.9. The fraction of sp³-hybridized carbons (Fsp3) is 0.500. The molecule has 0 aliphatic carbocycles. The van der Waals surface area contributed by atoms with Gasteiger partial charge in [0.25, 0.3) is 0 Å². The molecule has 3 rings (SSSR count). The minimum Gasteiger partial charge on any atom is -0.493 e. The highest BCUT2D eigenvalue weighted by Gasteiger charge is 2.24. The van der Waals surface area contributed by atoms with E-state index in [0.717, 1.165) is 43.2 Å². The van der Waals surface area contributed by atoms with Crippen molar-refractivity contribution in [1.82, 2.24) is 9.62 Å². The summed E-state index contributed by atoms with van der Waals surface area (Å²) in [5.74, 6) is 1.28. The number of methoxy groups -OCH3 is 1. The van der Waals surface area contributed by atoms with Gasteiger partial charge in [0, 0.05) is 26.1 Å². The minimum absolute atomic E-state index is 0.0634. The zero-order valence-corrected chi connectivity index (χ0v) is 21.0. The van der Waals surface area contributed by atoms with E-state index in [2.05, 4.69) is 5.32 Å². The standard InChI is InChI=1S/C26H36N2O5S/c1-3-18-33-24-14-10-22(19-25(24)32-2)20-27-26(29)15-11-21-8-12-23(13-9-21)34(30,31)28-16-6-4-5-7-17-28/h8-10,12-14,19H,3-7,11,15-18,20H2,1-2H3,(H,27,29). The molecule has 8 heteroatoms. The van der Waals surface area contributed by atoms with Crippen LogP contribution in [0.1, 0.15) is 56.6 Å². The molecule has 0 spiro atoms. The molecule has 0 atom stereocenters. The van der Waals surface area contributed by atoms with Gasteiger partial charge >= 0.3 is 0 Å². The van der Waals surface area contributed by atoms with E-state index in [-0.39, 0.29) is 5.91 Å². The first-order chi connectivity index (χ1) is 16.4. The second-order valence-corrected chi connectivity index (χ2v) is 10.5. The molecule has 0 radical (unpaired) electrons. The highest BCUT2D eigenvalue weighted by molar-refractivity contribution is 7.89. The Balaban J connectivity index is 1.49. The lowest BCUT2D eigenvalue weighted by Gasteiger charge is -2.20. The van der Waals surface area contributed by atoms with Crippen LogP contribution in [0, 0.1) is 0 Å². The fourth-order valence-corrected chi connectivity index (χ4v) is 5.48. The first-order valence-corrected chi connectivity index (χ1v) is 13.5. The van der Waals surface area contributed by atoms with Crippen LogP contribution in [0.4, 0.5) is 0 Å². The van der Waals surface area contributed by atoms with Gasteiger partial charge < -0.3 is 14.8 Å². The van der Waals surface area contributed by atoms with E-state index >= 15 is 0 Å². The van der Waals surface area contributed by atoms with Crippen molar-refractivity contribution in [1.29, 1.82) is 0 Å². The molecule has 0 unspecified atom stereocenters. The van der Waals surface area contributed by atoms with Crippen LogP contribution in [0.2, 0.25) is 0 Å². The second kappa shape index (κ2) is 12.8. The highest BCUT2D eigenvalue weighted by Crippen LogP contribution is 2.28. The maximum atomic E-state index is 12.9. The molecule has 1 heterocycles. The molecule has 0 bridgehead atoms. The maximum Gasteiger partial charge on any atom is 0.243 e. The molecule has 1 N–H and O–H groups in total. The molecule has 1 saturated heterocycles. The number of carbonyl (C=O) groups excluding carboxylic acids is 1. The Kier molecular flexibility index (Phi) is 9.77. The molecule has 186 valence electrons. The Labute approximate surface area is 203 Å². The predicted octanol–water partition coefficient (Wildman–Crippen LogP) is 4.30. The summed E-state index contributed by atoms with van der Waals surface area (Å²) in [4.78, 5) is 12.7. The fourth-order valence-electron chi connectivity index (χ4n) is 3.96. The number of benzene rings is 2. The number of hydrogen-bond donors (Lipinski definition) is 1. The van der Waals surface area contributed by atoms with Gasteiger partial charge in [-0.1, -0.05) is 38.0 Å². The zero-order chi connectivity index (χ0) is 24.4. The van der Waals surface area contributed by atoms with E-state index in [9.17, 15) is 13.2 Å². The van der Waals surface area contributed by atoms with Gasteiger partial charge in [-0.3, -0.25) is 4.79 Å². The van der Waals surface area contributed by atoms with Gasteiger partial charge in [0.2, 0.25) is 15.9 Å². The van der Waals surface area contributed by atoms with E-state index in [1.165, 1.54) is 0 Å². The number of nitrogens with zero attached hydrogens (tertiary/aromatic N) is 1. The van der Waals surface area contributed by atoms with E-state index in [4.69, 9.17) is 9.47 Å². The van der Waals surface area contributed by atoms with Crippen molar-refractivity contribution in [2.45, 2.75) is 63.3 Å². The van der Waals surface area contributed by atoms with Crippen molar-refractivity contribution >= 4 is 15.9 Å². The summed E-state index contributed by atoms with van der Waals surface area (Å²) in [7, 11) is -1.85. The van der Waals surface area contributed by atoms with Crippen LogP contribution < -0.4 is 14.8 Å². The van der Waals surface area contributed by atoms with Gasteiger partial charge in [-0.15, -0.1) is 0 Å². The first kappa shape index (κ1) is 26.0. The molecule has 1 fully saturated rings. The maximum absolute atomic E-state index is 12.9. The van der Waals surface area contributed by atoms with Crippen LogP contribution in [-0.4, -0.2) is 45.4 Å². The van der Waals surface area contributed by atoms with E-state index in [1.54, 1.807) is 35.7 Å². The topological polar surface area (TPSA) is 84.9 Å². The molecule has 0 saturated carbocycles. The van der Waals surface area contributed by atoms with E-state index in [1.807, 2.05) is 25.1 Å². The van der Waals surface area contributed by atoms with Crippen molar-refractivity contribution in [3.63, 3.8) is 0 Å². The lowest BCUT2D eigenvalue weighted by molar-refractivity contribution is -0.121. The molecule has 1 aliphatic rings. The van der Waals surface area contributed by atoms with Crippen molar-refractivity contribution in [3.05, 3.63) is 53.6 Å². The monoisotopic (exact) mass is 488 g/mol. The van der Waals surface area contributed by atoms with E-state index < -0.39 is 10.0 Å². The summed E-state index contributed by atoms with van der Waals surface area (Å²) >= 11 is 0. The third-order valence-corrected chi connectivity index (χ3v) is 7.86. The number of aryl methyl sites for hydroxylation is 1. The van der Waals surface area contributed by atoms with Crippen molar-refractivity contribution in [2.75, 3.05) is 26.8 Å². The Morgan fingerprint density at radius 1 is 0.971 bits per heavy atom. The zero-order valence-electron chi connectivity index (χ0n) is 20.2. The highest BCUT2D eigenvalue weighted by atomic mass is 32.2.